The first-order chi connectivity index (χ1) is 12.7. The number of ether oxygens (including phenoxy) is 2. The Morgan fingerprint density at radius 2 is 1.85 bits per heavy atom. The lowest BCUT2D eigenvalue weighted by Gasteiger charge is -2.14. The molecule has 3 aromatic rings. The number of aromatic nitrogens is 1. The molecule has 0 saturated heterocycles. The molecule has 26 heavy (non-hydrogen) atoms. The average Bonchev–Trinajstić information content (AvgIpc) is 2.67. The first-order valence-electron chi connectivity index (χ1n) is 8.48. The lowest BCUT2D eigenvalue weighted by atomic mass is 10.0. The quantitative estimate of drug-likeness (QED) is 0.404. The summed E-state index contributed by atoms with van der Waals surface area (Å²) in [5.41, 5.74) is 4.79. The van der Waals surface area contributed by atoms with Gasteiger partial charge in [0, 0.05) is 17.0 Å². The predicted molar refractivity (Wildman–Crippen MR) is 101 cm³/mol. The standard InChI is InChI=1S/C20H21N3O3/c1-3-25-13-9-10-15(19(11-13)26-4-2)18-12-16(20(24)23-21)14-7-5-6-8-17(14)22-18/h5-12H,3-4,21H2,1-2H3,(H,23,24). The van der Waals surface area contributed by atoms with Crippen molar-refractivity contribution in [1.29, 1.82) is 0 Å². The second-order valence-corrected chi connectivity index (χ2v) is 5.57. The molecule has 0 unspecified atom stereocenters. The smallest absolute Gasteiger partial charge is 0.265 e. The fraction of sp³-hybridized carbons (Fsp3) is 0.200. The molecule has 134 valence electrons. The Labute approximate surface area is 151 Å². The summed E-state index contributed by atoms with van der Waals surface area (Å²) >= 11 is 0. The maximum atomic E-state index is 12.2. The summed E-state index contributed by atoms with van der Waals surface area (Å²) in [5.74, 6) is 6.36. The molecule has 0 bridgehead atoms. The molecule has 0 aliphatic heterocycles. The molecule has 2 aromatic carbocycles. The zero-order valence-electron chi connectivity index (χ0n) is 14.8. The van der Waals surface area contributed by atoms with Crippen LogP contribution in [0.4, 0.5) is 0 Å². The van der Waals surface area contributed by atoms with E-state index in [1.807, 2.05) is 56.3 Å². The van der Waals surface area contributed by atoms with Crippen LogP contribution in [0.25, 0.3) is 22.2 Å². The Kier molecular flexibility index (Phi) is 5.34. The van der Waals surface area contributed by atoms with Gasteiger partial charge in [-0.1, -0.05) is 18.2 Å². The van der Waals surface area contributed by atoms with Gasteiger partial charge in [-0.25, -0.2) is 10.8 Å². The van der Waals surface area contributed by atoms with Gasteiger partial charge in [0.05, 0.1) is 30.0 Å². The second-order valence-electron chi connectivity index (χ2n) is 5.57. The molecule has 1 aromatic heterocycles. The number of hydrazine groups is 1. The summed E-state index contributed by atoms with van der Waals surface area (Å²) < 4.78 is 11.3. The third-order valence-corrected chi connectivity index (χ3v) is 3.93. The van der Waals surface area contributed by atoms with E-state index in [4.69, 9.17) is 20.3 Å². The zero-order chi connectivity index (χ0) is 18.5. The van der Waals surface area contributed by atoms with E-state index in [-0.39, 0.29) is 5.91 Å². The predicted octanol–water partition coefficient (Wildman–Crippen LogP) is 3.30. The molecular weight excluding hydrogens is 330 g/mol. The van der Waals surface area contributed by atoms with Crippen LogP contribution >= 0.6 is 0 Å². The van der Waals surface area contributed by atoms with Gasteiger partial charge in [0.25, 0.3) is 5.91 Å². The number of hydrogen-bond donors (Lipinski definition) is 2. The number of nitrogen functional groups attached to an aromatic ring is 1. The van der Waals surface area contributed by atoms with Crippen LogP contribution in [-0.2, 0) is 0 Å². The number of pyridine rings is 1. The van der Waals surface area contributed by atoms with Gasteiger partial charge in [-0.3, -0.25) is 10.2 Å². The Morgan fingerprint density at radius 3 is 2.58 bits per heavy atom. The number of fused-ring (bicyclic) bond motifs is 1. The minimum atomic E-state index is -0.367. The highest BCUT2D eigenvalue weighted by Gasteiger charge is 2.16. The molecular formula is C20H21N3O3. The van der Waals surface area contributed by atoms with Gasteiger partial charge in [-0.15, -0.1) is 0 Å². The monoisotopic (exact) mass is 351 g/mol. The summed E-state index contributed by atoms with van der Waals surface area (Å²) in [6, 6.07) is 14.8. The summed E-state index contributed by atoms with van der Waals surface area (Å²) in [7, 11) is 0. The van der Waals surface area contributed by atoms with E-state index in [1.165, 1.54) is 0 Å². The first-order valence-corrected chi connectivity index (χ1v) is 8.48. The van der Waals surface area contributed by atoms with Crippen LogP contribution in [0.5, 0.6) is 11.5 Å². The molecule has 1 amide bonds. The number of rotatable bonds is 6. The van der Waals surface area contributed by atoms with Gasteiger partial charge in [-0.05, 0) is 38.1 Å². The van der Waals surface area contributed by atoms with Crippen molar-refractivity contribution < 1.29 is 14.3 Å². The molecule has 0 spiro atoms. The van der Waals surface area contributed by atoms with Gasteiger partial charge in [0.1, 0.15) is 11.5 Å². The molecule has 0 atom stereocenters. The third-order valence-electron chi connectivity index (χ3n) is 3.93. The van der Waals surface area contributed by atoms with Gasteiger partial charge >= 0.3 is 0 Å². The number of amides is 1. The van der Waals surface area contributed by atoms with E-state index in [1.54, 1.807) is 6.07 Å². The highest BCUT2D eigenvalue weighted by atomic mass is 16.5. The number of nitrogens with two attached hydrogens (primary N) is 1. The largest absolute Gasteiger partial charge is 0.494 e. The lowest BCUT2D eigenvalue weighted by Crippen LogP contribution is -2.30. The minimum absolute atomic E-state index is 0.367. The van der Waals surface area contributed by atoms with Crippen LogP contribution < -0.4 is 20.7 Å². The maximum Gasteiger partial charge on any atom is 0.265 e. The molecule has 0 aliphatic rings. The van der Waals surface area contributed by atoms with Crippen LogP contribution in [0.1, 0.15) is 24.2 Å². The Hall–Kier alpha value is -3.12. The molecule has 1 heterocycles. The van der Waals surface area contributed by atoms with Crippen molar-refractivity contribution in [2.45, 2.75) is 13.8 Å². The zero-order valence-corrected chi connectivity index (χ0v) is 14.8. The summed E-state index contributed by atoms with van der Waals surface area (Å²) in [6.45, 7) is 4.92. The normalized spacial score (nSPS) is 10.6. The molecule has 6 heteroatoms. The number of nitrogens with zero attached hydrogens (tertiary/aromatic N) is 1. The van der Waals surface area contributed by atoms with E-state index in [2.05, 4.69) is 5.43 Å². The Morgan fingerprint density at radius 1 is 1.08 bits per heavy atom. The van der Waals surface area contributed by atoms with E-state index >= 15 is 0 Å². The average molecular weight is 351 g/mol. The van der Waals surface area contributed by atoms with Gasteiger partial charge in [0.2, 0.25) is 0 Å². The van der Waals surface area contributed by atoms with E-state index < -0.39 is 0 Å². The number of benzene rings is 2. The van der Waals surface area contributed by atoms with E-state index in [9.17, 15) is 4.79 Å². The van der Waals surface area contributed by atoms with Crippen molar-refractivity contribution in [3.63, 3.8) is 0 Å². The molecule has 6 nitrogen and oxygen atoms in total. The van der Waals surface area contributed by atoms with E-state index in [0.29, 0.717) is 35.7 Å². The van der Waals surface area contributed by atoms with Crippen LogP contribution in [-0.4, -0.2) is 24.1 Å². The van der Waals surface area contributed by atoms with Crippen molar-refractivity contribution in [2.75, 3.05) is 13.2 Å². The van der Waals surface area contributed by atoms with Crippen molar-refractivity contribution in [1.82, 2.24) is 10.4 Å². The molecule has 0 radical (unpaired) electrons. The fourth-order valence-electron chi connectivity index (χ4n) is 2.82. The van der Waals surface area contributed by atoms with Crippen LogP contribution in [0.3, 0.4) is 0 Å². The highest BCUT2D eigenvalue weighted by molar-refractivity contribution is 6.07. The second kappa shape index (κ2) is 7.84. The number of carbonyl (C=O) groups excluding carboxylic acids is 1. The van der Waals surface area contributed by atoms with Crippen LogP contribution in [0.15, 0.2) is 48.5 Å². The number of hydrogen-bond acceptors (Lipinski definition) is 5. The van der Waals surface area contributed by atoms with Crippen molar-refractivity contribution in [3.8, 4) is 22.8 Å². The van der Waals surface area contributed by atoms with Crippen LogP contribution in [0, 0.1) is 0 Å². The first kappa shape index (κ1) is 17.7. The van der Waals surface area contributed by atoms with Crippen molar-refractivity contribution >= 4 is 16.8 Å². The molecule has 0 saturated carbocycles. The minimum Gasteiger partial charge on any atom is -0.494 e. The van der Waals surface area contributed by atoms with Crippen LogP contribution in [0.2, 0.25) is 0 Å². The molecule has 3 N–H and O–H groups in total. The van der Waals surface area contributed by atoms with Gasteiger partial charge in [-0.2, -0.15) is 0 Å². The van der Waals surface area contributed by atoms with Crippen molar-refractivity contribution in [2.24, 2.45) is 5.84 Å². The molecule has 0 fully saturated rings. The summed E-state index contributed by atoms with van der Waals surface area (Å²) in [6.07, 6.45) is 0. The Balaban J connectivity index is 2.20. The van der Waals surface area contributed by atoms with Crippen molar-refractivity contribution in [3.05, 3.63) is 54.1 Å². The van der Waals surface area contributed by atoms with Gasteiger partial charge < -0.3 is 9.47 Å². The number of para-hydroxylation sites is 1. The summed E-state index contributed by atoms with van der Waals surface area (Å²) in [4.78, 5) is 16.9. The number of carbonyl (C=O) groups is 1. The topological polar surface area (TPSA) is 86.5 Å². The summed E-state index contributed by atoms with van der Waals surface area (Å²) in [5, 5.41) is 0.739. The van der Waals surface area contributed by atoms with E-state index in [0.717, 1.165) is 16.7 Å². The Bertz CT molecular complexity index is 941. The number of nitrogens with one attached hydrogen (secondary N) is 1. The highest BCUT2D eigenvalue weighted by Crippen LogP contribution is 2.34. The maximum absolute atomic E-state index is 12.2. The molecule has 0 aliphatic carbocycles. The third kappa shape index (κ3) is 3.45. The fourth-order valence-corrected chi connectivity index (χ4v) is 2.82. The molecule has 3 rings (SSSR count). The SMILES string of the molecule is CCOc1ccc(-c2cc(C(=O)NN)c3ccccc3n2)c(OCC)c1. The van der Waals surface area contributed by atoms with Gasteiger partial charge in [0.15, 0.2) is 0 Å². The lowest BCUT2D eigenvalue weighted by molar-refractivity contribution is 0.0955.